The first kappa shape index (κ1) is 17.1. The number of carbonyl (C=O) groups is 2. The van der Waals surface area contributed by atoms with Gasteiger partial charge in [-0.05, 0) is 30.7 Å². The number of hydrogen-bond donors (Lipinski definition) is 2. The highest BCUT2D eigenvalue weighted by Crippen LogP contribution is 2.16. The zero-order chi connectivity index (χ0) is 15.7. The van der Waals surface area contributed by atoms with Crippen molar-refractivity contribution in [1.82, 2.24) is 5.32 Å². The van der Waals surface area contributed by atoms with Crippen molar-refractivity contribution in [2.24, 2.45) is 0 Å². The summed E-state index contributed by atoms with van der Waals surface area (Å²) < 4.78 is 6.42. The number of ether oxygens (including phenoxy) is 1. The van der Waals surface area contributed by atoms with E-state index in [1.54, 1.807) is 0 Å². The van der Waals surface area contributed by atoms with Crippen LogP contribution in [0, 0.1) is 12.3 Å². The first-order chi connectivity index (χ1) is 10.0. The number of amides is 1. The van der Waals surface area contributed by atoms with Crippen LogP contribution in [-0.4, -0.2) is 29.6 Å². The second-order valence-electron chi connectivity index (χ2n) is 4.27. The van der Waals surface area contributed by atoms with Gasteiger partial charge in [0.15, 0.2) is 0 Å². The highest BCUT2D eigenvalue weighted by atomic mass is 79.9. The number of terminal acetylenes is 1. The van der Waals surface area contributed by atoms with Gasteiger partial charge in [0.25, 0.3) is 0 Å². The average molecular weight is 354 g/mol. The molecule has 1 atom stereocenters. The molecule has 1 unspecified atom stereocenters. The van der Waals surface area contributed by atoms with E-state index in [1.165, 1.54) is 0 Å². The number of nitrogens with one attached hydrogen (secondary N) is 1. The number of carboxylic acids is 1. The molecular weight excluding hydrogens is 338 g/mol. The minimum Gasteiger partial charge on any atom is -0.494 e. The molecule has 0 aromatic heterocycles. The Morgan fingerprint density at radius 3 is 2.62 bits per heavy atom. The van der Waals surface area contributed by atoms with E-state index < -0.39 is 12.0 Å². The van der Waals surface area contributed by atoms with Crippen molar-refractivity contribution in [3.63, 3.8) is 0 Å². The quantitative estimate of drug-likeness (QED) is 0.554. The molecule has 21 heavy (non-hydrogen) atoms. The minimum absolute atomic E-state index is 0.0313. The van der Waals surface area contributed by atoms with Gasteiger partial charge in [-0.3, -0.25) is 4.79 Å². The van der Waals surface area contributed by atoms with Crippen LogP contribution in [0.15, 0.2) is 28.7 Å². The lowest BCUT2D eigenvalue weighted by Crippen LogP contribution is -2.40. The van der Waals surface area contributed by atoms with E-state index in [4.69, 9.17) is 16.3 Å². The number of carbonyl (C=O) groups excluding carboxylic acids is 1. The molecule has 1 aromatic rings. The third-order valence-corrected chi connectivity index (χ3v) is 3.11. The predicted molar refractivity (Wildman–Crippen MR) is 81.9 cm³/mol. The summed E-state index contributed by atoms with van der Waals surface area (Å²) in [4.78, 5) is 22.4. The lowest BCUT2D eigenvalue weighted by atomic mass is 10.2. The number of hydrogen-bond acceptors (Lipinski definition) is 3. The van der Waals surface area contributed by atoms with Crippen molar-refractivity contribution in [1.29, 1.82) is 0 Å². The highest BCUT2D eigenvalue weighted by Gasteiger charge is 2.18. The summed E-state index contributed by atoms with van der Waals surface area (Å²) in [6.45, 7) is 0.377. The molecule has 0 fully saturated rings. The van der Waals surface area contributed by atoms with Crippen LogP contribution in [-0.2, 0) is 9.59 Å². The molecule has 0 saturated heterocycles. The summed E-state index contributed by atoms with van der Waals surface area (Å²) in [5.41, 5.74) is 0. The maximum absolute atomic E-state index is 11.6. The van der Waals surface area contributed by atoms with E-state index in [2.05, 4.69) is 27.2 Å². The van der Waals surface area contributed by atoms with E-state index in [-0.39, 0.29) is 18.7 Å². The van der Waals surface area contributed by atoms with Crippen molar-refractivity contribution in [2.45, 2.75) is 25.3 Å². The fourth-order valence-corrected chi connectivity index (χ4v) is 1.80. The summed E-state index contributed by atoms with van der Waals surface area (Å²) in [6, 6.07) is 6.32. The van der Waals surface area contributed by atoms with Crippen molar-refractivity contribution in [3.8, 4) is 18.1 Å². The molecule has 0 heterocycles. The normalized spacial score (nSPS) is 11.2. The molecule has 0 aliphatic heterocycles. The summed E-state index contributed by atoms with van der Waals surface area (Å²) in [6.07, 6.45) is 5.70. The molecular formula is C15H16BrNO4. The predicted octanol–water partition coefficient (Wildman–Crippen LogP) is 2.20. The Balaban J connectivity index is 2.25. The summed E-state index contributed by atoms with van der Waals surface area (Å²) in [5.74, 6) is 1.46. The summed E-state index contributed by atoms with van der Waals surface area (Å²) >= 11 is 3.32. The molecule has 0 saturated carbocycles. The molecule has 0 aliphatic rings. The van der Waals surface area contributed by atoms with E-state index in [1.807, 2.05) is 24.3 Å². The van der Waals surface area contributed by atoms with Gasteiger partial charge in [0.2, 0.25) is 5.91 Å². The first-order valence-electron chi connectivity index (χ1n) is 6.37. The molecule has 1 aromatic carbocycles. The molecule has 1 rings (SSSR count). The Morgan fingerprint density at radius 1 is 1.38 bits per heavy atom. The van der Waals surface area contributed by atoms with Crippen LogP contribution in [0.3, 0.4) is 0 Å². The van der Waals surface area contributed by atoms with Gasteiger partial charge >= 0.3 is 5.97 Å². The molecule has 0 spiro atoms. The Hall–Kier alpha value is -2.00. The summed E-state index contributed by atoms with van der Waals surface area (Å²) in [7, 11) is 0. The molecule has 0 radical (unpaired) electrons. The van der Waals surface area contributed by atoms with Gasteiger partial charge in [0, 0.05) is 17.3 Å². The first-order valence-corrected chi connectivity index (χ1v) is 7.16. The molecule has 0 aliphatic carbocycles. The summed E-state index contributed by atoms with van der Waals surface area (Å²) in [5, 5.41) is 11.2. The van der Waals surface area contributed by atoms with Gasteiger partial charge in [-0.2, -0.15) is 0 Å². The highest BCUT2D eigenvalue weighted by molar-refractivity contribution is 9.10. The number of carboxylic acid groups (broad SMARTS) is 1. The smallest absolute Gasteiger partial charge is 0.327 e. The van der Waals surface area contributed by atoms with Crippen molar-refractivity contribution in [3.05, 3.63) is 28.7 Å². The number of aliphatic carboxylic acids is 1. The Labute approximate surface area is 131 Å². The maximum Gasteiger partial charge on any atom is 0.327 e. The van der Waals surface area contributed by atoms with Crippen LogP contribution in [0.1, 0.15) is 19.3 Å². The van der Waals surface area contributed by atoms with Gasteiger partial charge in [-0.1, -0.05) is 15.9 Å². The van der Waals surface area contributed by atoms with Gasteiger partial charge in [-0.15, -0.1) is 12.3 Å². The molecule has 6 heteroatoms. The van der Waals surface area contributed by atoms with Gasteiger partial charge in [-0.25, -0.2) is 4.79 Å². The van der Waals surface area contributed by atoms with Crippen molar-refractivity contribution in [2.75, 3.05) is 6.61 Å². The fourth-order valence-electron chi connectivity index (χ4n) is 1.54. The fraction of sp³-hybridized carbons (Fsp3) is 0.333. The van der Waals surface area contributed by atoms with E-state index in [0.29, 0.717) is 18.8 Å². The van der Waals surface area contributed by atoms with Crippen LogP contribution in [0.2, 0.25) is 0 Å². The molecule has 2 N–H and O–H groups in total. The second kappa shape index (κ2) is 9.03. The second-order valence-corrected chi connectivity index (χ2v) is 5.19. The maximum atomic E-state index is 11.6. The lowest BCUT2D eigenvalue weighted by molar-refractivity contribution is -0.141. The largest absolute Gasteiger partial charge is 0.494 e. The van der Waals surface area contributed by atoms with Gasteiger partial charge < -0.3 is 15.2 Å². The van der Waals surface area contributed by atoms with Crippen LogP contribution in [0.5, 0.6) is 5.75 Å². The Morgan fingerprint density at radius 2 is 2.05 bits per heavy atom. The molecule has 112 valence electrons. The van der Waals surface area contributed by atoms with Crippen molar-refractivity contribution >= 4 is 27.8 Å². The SMILES string of the molecule is C#CCC(NC(=O)CCCOc1ccc(Br)cc1)C(=O)O. The lowest BCUT2D eigenvalue weighted by Gasteiger charge is -2.12. The van der Waals surface area contributed by atoms with Gasteiger partial charge in [0.1, 0.15) is 11.8 Å². The average Bonchev–Trinajstić information content (AvgIpc) is 2.45. The standard InChI is InChI=1S/C15H16BrNO4/c1-2-4-13(15(19)20)17-14(18)5-3-10-21-12-8-6-11(16)7-9-12/h1,6-9,13H,3-5,10H2,(H,17,18)(H,19,20). The minimum atomic E-state index is -1.13. The topological polar surface area (TPSA) is 75.6 Å². The third kappa shape index (κ3) is 6.82. The van der Waals surface area contributed by atoms with Crippen LogP contribution in [0.4, 0.5) is 0 Å². The Kier molecular flexibility index (Phi) is 7.33. The zero-order valence-electron chi connectivity index (χ0n) is 11.3. The van der Waals surface area contributed by atoms with Gasteiger partial charge in [0.05, 0.1) is 6.61 Å². The van der Waals surface area contributed by atoms with Crippen LogP contribution < -0.4 is 10.1 Å². The van der Waals surface area contributed by atoms with E-state index >= 15 is 0 Å². The zero-order valence-corrected chi connectivity index (χ0v) is 12.9. The molecule has 1 amide bonds. The third-order valence-electron chi connectivity index (χ3n) is 2.59. The van der Waals surface area contributed by atoms with E-state index in [9.17, 15) is 9.59 Å². The Bertz CT molecular complexity index is 521. The van der Waals surface area contributed by atoms with Crippen LogP contribution >= 0.6 is 15.9 Å². The number of benzene rings is 1. The molecule has 5 nitrogen and oxygen atoms in total. The number of rotatable bonds is 8. The monoisotopic (exact) mass is 353 g/mol. The molecule has 0 bridgehead atoms. The van der Waals surface area contributed by atoms with Crippen molar-refractivity contribution < 1.29 is 19.4 Å². The number of halogens is 1. The van der Waals surface area contributed by atoms with Crippen LogP contribution in [0.25, 0.3) is 0 Å². The van der Waals surface area contributed by atoms with E-state index in [0.717, 1.165) is 4.47 Å².